The van der Waals surface area contributed by atoms with Crippen LogP contribution in [0.3, 0.4) is 0 Å². The number of nitrogen functional groups attached to an aromatic ring is 1. The van der Waals surface area contributed by atoms with E-state index in [0.29, 0.717) is 11.4 Å². The molecule has 0 atom stereocenters. The van der Waals surface area contributed by atoms with Crippen LogP contribution in [0.1, 0.15) is 12.5 Å². The molecule has 0 aliphatic rings. The Morgan fingerprint density at radius 2 is 1.65 bits per heavy atom. The number of hydrogen-bond acceptors (Lipinski definition) is 4. The van der Waals surface area contributed by atoms with Gasteiger partial charge in [0.15, 0.2) is 0 Å². The molecule has 0 bridgehead atoms. The van der Waals surface area contributed by atoms with Gasteiger partial charge in [-0.25, -0.2) is 0 Å². The molecule has 3 N–H and O–H groups in total. The molecule has 0 aliphatic carbocycles. The van der Waals surface area contributed by atoms with Crippen molar-refractivity contribution in [1.82, 2.24) is 4.83 Å². The monoisotopic (exact) mass is 289 g/mol. The molecule has 0 heterocycles. The highest BCUT2D eigenvalue weighted by molar-refractivity contribution is 7.89. The van der Waals surface area contributed by atoms with Crippen LogP contribution >= 0.6 is 0 Å². The molecule has 5 nitrogen and oxygen atoms in total. The van der Waals surface area contributed by atoms with Gasteiger partial charge in [0, 0.05) is 5.69 Å². The number of sulfonamides is 1. The Kier molecular flexibility index (Phi) is 4.05. The molecule has 2 rings (SSSR count). The fraction of sp³-hybridized carbons (Fsp3) is 0.0714. The lowest BCUT2D eigenvalue weighted by atomic mass is 10.1. The van der Waals surface area contributed by atoms with Gasteiger partial charge in [-0.15, -0.1) is 0 Å². The lowest BCUT2D eigenvalue weighted by Crippen LogP contribution is -2.19. The molecule has 104 valence electrons. The summed E-state index contributed by atoms with van der Waals surface area (Å²) in [6.45, 7) is 1.72. The number of nitrogens with zero attached hydrogens (tertiary/aromatic N) is 1. The molecule has 2 aromatic carbocycles. The van der Waals surface area contributed by atoms with E-state index in [1.807, 2.05) is 0 Å². The van der Waals surface area contributed by atoms with Crippen LogP contribution in [0, 0.1) is 0 Å². The summed E-state index contributed by atoms with van der Waals surface area (Å²) in [7, 11) is -3.63. The standard InChI is InChI=1S/C14H15N3O2S/c1-11(12-7-9-13(15)10-8-12)16-17-20(18,19)14-5-3-2-4-6-14/h2-10,17H,15H2,1H3. The van der Waals surface area contributed by atoms with Gasteiger partial charge in [0.1, 0.15) is 0 Å². The van der Waals surface area contributed by atoms with E-state index in [2.05, 4.69) is 9.93 Å². The SMILES string of the molecule is CC(=NNS(=O)(=O)c1ccccc1)c1ccc(N)cc1. The van der Waals surface area contributed by atoms with Crippen molar-refractivity contribution < 1.29 is 8.42 Å². The van der Waals surface area contributed by atoms with Crippen LogP contribution in [0.5, 0.6) is 0 Å². The molecule has 0 aromatic heterocycles. The highest BCUT2D eigenvalue weighted by atomic mass is 32.2. The molecule has 0 amide bonds. The van der Waals surface area contributed by atoms with Crippen molar-refractivity contribution in [2.45, 2.75) is 11.8 Å². The topological polar surface area (TPSA) is 84.5 Å². The number of hydrazone groups is 1. The van der Waals surface area contributed by atoms with Gasteiger partial charge in [0.25, 0.3) is 10.0 Å². The Balaban J connectivity index is 2.18. The fourth-order valence-electron chi connectivity index (χ4n) is 1.57. The molecule has 0 aliphatic heterocycles. The average molecular weight is 289 g/mol. The van der Waals surface area contributed by atoms with Gasteiger partial charge in [-0.2, -0.15) is 18.4 Å². The summed E-state index contributed by atoms with van der Waals surface area (Å²) in [5.74, 6) is 0. The zero-order chi connectivity index (χ0) is 14.6. The summed E-state index contributed by atoms with van der Waals surface area (Å²) >= 11 is 0. The molecule has 0 saturated heterocycles. The zero-order valence-electron chi connectivity index (χ0n) is 10.9. The third kappa shape index (κ3) is 3.36. The van der Waals surface area contributed by atoms with E-state index >= 15 is 0 Å². The maximum absolute atomic E-state index is 12.0. The lowest BCUT2D eigenvalue weighted by Gasteiger charge is -2.05. The van der Waals surface area contributed by atoms with Gasteiger partial charge in [-0.05, 0) is 36.8 Å². The largest absolute Gasteiger partial charge is 0.399 e. The van der Waals surface area contributed by atoms with Gasteiger partial charge in [-0.1, -0.05) is 30.3 Å². The second kappa shape index (κ2) is 5.75. The van der Waals surface area contributed by atoms with Crippen molar-refractivity contribution in [1.29, 1.82) is 0 Å². The van der Waals surface area contributed by atoms with Crippen molar-refractivity contribution in [3.63, 3.8) is 0 Å². The van der Waals surface area contributed by atoms with Crippen molar-refractivity contribution >= 4 is 21.4 Å². The van der Waals surface area contributed by atoms with E-state index in [-0.39, 0.29) is 4.90 Å². The van der Waals surface area contributed by atoms with E-state index in [9.17, 15) is 8.42 Å². The Labute approximate surface area is 118 Å². The smallest absolute Gasteiger partial charge is 0.276 e. The van der Waals surface area contributed by atoms with E-state index < -0.39 is 10.0 Å². The Morgan fingerprint density at radius 1 is 1.05 bits per heavy atom. The van der Waals surface area contributed by atoms with Gasteiger partial charge in [0.2, 0.25) is 0 Å². The van der Waals surface area contributed by atoms with Crippen LogP contribution in [0.25, 0.3) is 0 Å². The first-order chi connectivity index (χ1) is 9.49. The number of nitrogens with two attached hydrogens (primary N) is 1. The summed E-state index contributed by atoms with van der Waals surface area (Å²) in [5, 5.41) is 3.91. The predicted octanol–water partition coefficient (Wildman–Crippen LogP) is 1.97. The molecule has 0 fully saturated rings. The molecule has 6 heteroatoms. The highest BCUT2D eigenvalue weighted by Crippen LogP contribution is 2.09. The maximum atomic E-state index is 12.0. The van der Waals surface area contributed by atoms with Crippen molar-refractivity contribution in [2.75, 3.05) is 5.73 Å². The minimum Gasteiger partial charge on any atom is -0.399 e. The summed E-state index contributed by atoms with van der Waals surface area (Å²) in [4.78, 5) is 2.39. The minimum atomic E-state index is -3.63. The zero-order valence-corrected chi connectivity index (χ0v) is 11.8. The molecule has 0 saturated carbocycles. The molecular weight excluding hydrogens is 274 g/mol. The molecule has 0 radical (unpaired) electrons. The Hall–Kier alpha value is -2.34. The van der Waals surface area contributed by atoms with Crippen LogP contribution in [0.15, 0.2) is 64.6 Å². The summed E-state index contributed by atoms with van der Waals surface area (Å²) in [6.07, 6.45) is 0. The second-order valence-corrected chi connectivity index (χ2v) is 5.89. The van der Waals surface area contributed by atoms with E-state index in [1.54, 1.807) is 49.4 Å². The maximum Gasteiger partial charge on any atom is 0.276 e. The van der Waals surface area contributed by atoms with Crippen molar-refractivity contribution in [3.05, 3.63) is 60.2 Å². The third-order valence-electron chi connectivity index (χ3n) is 2.72. The Morgan fingerprint density at radius 3 is 2.25 bits per heavy atom. The van der Waals surface area contributed by atoms with E-state index in [4.69, 9.17) is 5.73 Å². The third-order valence-corrected chi connectivity index (χ3v) is 3.94. The first kappa shape index (κ1) is 14.1. The number of anilines is 1. The number of benzene rings is 2. The number of nitrogens with one attached hydrogen (secondary N) is 1. The van der Waals surface area contributed by atoms with Gasteiger partial charge in [0.05, 0.1) is 10.6 Å². The average Bonchev–Trinajstić information content (AvgIpc) is 2.46. The normalized spacial score (nSPS) is 12.2. The van der Waals surface area contributed by atoms with Gasteiger partial charge >= 0.3 is 0 Å². The van der Waals surface area contributed by atoms with E-state index in [0.717, 1.165) is 5.56 Å². The van der Waals surface area contributed by atoms with Crippen LogP contribution < -0.4 is 10.6 Å². The van der Waals surface area contributed by atoms with Gasteiger partial charge < -0.3 is 5.73 Å². The quantitative estimate of drug-likeness (QED) is 0.512. The predicted molar refractivity (Wildman–Crippen MR) is 79.8 cm³/mol. The number of hydrogen-bond donors (Lipinski definition) is 2. The van der Waals surface area contributed by atoms with Crippen LogP contribution in [0.2, 0.25) is 0 Å². The molecule has 2 aromatic rings. The van der Waals surface area contributed by atoms with Crippen LogP contribution in [0.4, 0.5) is 5.69 Å². The fourth-order valence-corrected chi connectivity index (χ4v) is 2.45. The van der Waals surface area contributed by atoms with Crippen LogP contribution in [-0.4, -0.2) is 14.1 Å². The molecule has 0 unspecified atom stereocenters. The molecule has 0 spiro atoms. The van der Waals surface area contributed by atoms with Crippen LogP contribution in [-0.2, 0) is 10.0 Å². The van der Waals surface area contributed by atoms with Crippen molar-refractivity contribution in [3.8, 4) is 0 Å². The number of rotatable bonds is 4. The molecule has 20 heavy (non-hydrogen) atoms. The lowest BCUT2D eigenvalue weighted by molar-refractivity contribution is 0.584. The summed E-state index contributed by atoms with van der Waals surface area (Å²) < 4.78 is 24.0. The first-order valence-electron chi connectivity index (χ1n) is 5.96. The van der Waals surface area contributed by atoms with E-state index in [1.165, 1.54) is 12.1 Å². The highest BCUT2D eigenvalue weighted by Gasteiger charge is 2.11. The summed E-state index contributed by atoms with van der Waals surface area (Å²) in [5.41, 5.74) is 7.60. The second-order valence-electron chi connectivity index (χ2n) is 4.23. The Bertz CT molecular complexity index is 708. The molecular formula is C14H15N3O2S. The first-order valence-corrected chi connectivity index (χ1v) is 7.44. The van der Waals surface area contributed by atoms with Gasteiger partial charge in [-0.3, -0.25) is 0 Å². The minimum absolute atomic E-state index is 0.175. The van der Waals surface area contributed by atoms with Crippen molar-refractivity contribution in [2.24, 2.45) is 5.10 Å². The summed E-state index contributed by atoms with van der Waals surface area (Å²) in [6, 6.07) is 15.1.